The van der Waals surface area contributed by atoms with E-state index in [0.29, 0.717) is 0 Å². The molecule has 3 N–H and O–H groups in total. The fraction of sp³-hybridized carbons (Fsp3) is 0.444. The molecule has 1 aliphatic rings. The predicted octanol–water partition coefficient (Wildman–Crippen LogP) is -0.0984. The van der Waals surface area contributed by atoms with E-state index in [1.54, 1.807) is 6.20 Å². The van der Waals surface area contributed by atoms with Crippen LogP contribution in [-0.4, -0.2) is 29.6 Å². The Morgan fingerprint density at radius 2 is 2.46 bits per heavy atom. The first kappa shape index (κ1) is 8.62. The van der Waals surface area contributed by atoms with Crippen LogP contribution < -0.4 is 11.2 Å². The van der Waals surface area contributed by atoms with Crippen LogP contribution in [0.15, 0.2) is 24.4 Å². The van der Waals surface area contributed by atoms with E-state index < -0.39 is 0 Å². The van der Waals surface area contributed by atoms with E-state index in [9.17, 15) is 0 Å². The first-order valence-electron chi connectivity index (χ1n) is 4.51. The van der Waals surface area contributed by atoms with Crippen molar-refractivity contribution in [1.29, 1.82) is 0 Å². The summed E-state index contributed by atoms with van der Waals surface area (Å²) in [4.78, 5) is 4.29. The van der Waals surface area contributed by atoms with E-state index >= 15 is 0 Å². The van der Waals surface area contributed by atoms with E-state index in [2.05, 4.69) is 10.3 Å². The van der Waals surface area contributed by atoms with Crippen LogP contribution in [0, 0.1) is 0 Å². The van der Waals surface area contributed by atoms with Crippen LogP contribution in [0.5, 0.6) is 0 Å². The maximum absolute atomic E-state index is 5.86. The first-order chi connectivity index (χ1) is 6.38. The summed E-state index contributed by atoms with van der Waals surface area (Å²) in [5.41, 5.74) is 1.04. The number of rotatable bonds is 1. The Morgan fingerprint density at radius 3 is 3.15 bits per heavy atom. The Labute approximate surface area is 77.7 Å². The number of nitrogens with two attached hydrogens (primary N) is 1. The van der Waals surface area contributed by atoms with E-state index in [1.807, 2.05) is 23.2 Å². The van der Waals surface area contributed by atoms with Crippen LogP contribution in [0.4, 0.5) is 0 Å². The van der Waals surface area contributed by atoms with Gasteiger partial charge in [0.25, 0.3) is 0 Å². The number of hydrogen-bond donors (Lipinski definition) is 2. The molecule has 1 aliphatic heterocycles. The Kier molecular flexibility index (Phi) is 2.54. The molecule has 0 aliphatic carbocycles. The van der Waals surface area contributed by atoms with Gasteiger partial charge in [0.15, 0.2) is 0 Å². The number of hydrogen-bond acceptors (Lipinski definition) is 4. The molecule has 1 atom stereocenters. The maximum Gasteiger partial charge on any atom is 0.0787 e. The number of nitrogens with zero attached hydrogens (tertiary/aromatic N) is 2. The zero-order chi connectivity index (χ0) is 9.10. The molecular weight excluding hydrogens is 164 g/mol. The zero-order valence-electron chi connectivity index (χ0n) is 7.48. The average Bonchev–Trinajstić information content (AvgIpc) is 2.20. The molecule has 0 aromatic carbocycles. The molecule has 1 aromatic heterocycles. The summed E-state index contributed by atoms with van der Waals surface area (Å²) in [6.07, 6.45) is 1.80. The highest BCUT2D eigenvalue weighted by molar-refractivity contribution is 5.09. The van der Waals surface area contributed by atoms with E-state index in [1.165, 1.54) is 0 Å². The van der Waals surface area contributed by atoms with Crippen molar-refractivity contribution in [1.82, 2.24) is 15.3 Å². The SMILES string of the molecule is NN1CCNCC1c1ccccn1. The minimum Gasteiger partial charge on any atom is -0.313 e. The lowest BCUT2D eigenvalue weighted by Crippen LogP contribution is -2.49. The largest absolute Gasteiger partial charge is 0.313 e. The molecular formula is C9H14N4. The summed E-state index contributed by atoms with van der Waals surface area (Å²) in [6.45, 7) is 2.72. The van der Waals surface area contributed by atoms with E-state index in [-0.39, 0.29) is 6.04 Å². The maximum atomic E-state index is 5.86. The van der Waals surface area contributed by atoms with Crippen molar-refractivity contribution in [3.05, 3.63) is 30.1 Å². The lowest BCUT2D eigenvalue weighted by atomic mass is 10.1. The van der Waals surface area contributed by atoms with Gasteiger partial charge in [-0.15, -0.1) is 0 Å². The third kappa shape index (κ3) is 1.85. The van der Waals surface area contributed by atoms with Gasteiger partial charge in [0.1, 0.15) is 0 Å². The number of nitrogens with one attached hydrogen (secondary N) is 1. The second-order valence-electron chi connectivity index (χ2n) is 3.21. The summed E-state index contributed by atoms with van der Waals surface area (Å²) in [7, 11) is 0. The molecule has 0 bridgehead atoms. The standard InChI is InChI=1S/C9H14N4/c10-13-6-5-11-7-9(13)8-3-1-2-4-12-8/h1-4,9,11H,5-7,10H2. The number of pyridine rings is 1. The van der Waals surface area contributed by atoms with Crippen LogP contribution >= 0.6 is 0 Å². The van der Waals surface area contributed by atoms with Gasteiger partial charge in [0, 0.05) is 25.8 Å². The van der Waals surface area contributed by atoms with Gasteiger partial charge in [0.2, 0.25) is 0 Å². The Hall–Kier alpha value is -0.970. The van der Waals surface area contributed by atoms with Gasteiger partial charge in [-0.25, -0.2) is 5.01 Å². The fourth-order valence-electron chi connectivity index (χ4n) is 1.57. The quantitative estimate of drug-likeness (QED) is 0.590. The highest BCUT2D eigenvalue weighted by Gasteiger charge is 2.21. The summed E-state index contributed by atoms with van der Waals surface area (Å²) < 4.78 is 0. The molecule has 0 radical (unpaired) electrons. The van der Waals surface area contributed by atoms with Crippen molar-refractivity contribution in [2.24, 2.45) is 5.84 Å². The van der Waals surface area contributed by atoms with E-state index in [4.69, 9.17) is 5.84 Å². The molecule has 2 heterocycles. The Bertz CT molecular complexity index is 262. The van der Waals surface area contributed by atoms with Crippen molar-refractivity contribution in [3.63, 3.8) is 0 Å². The molecule has 1 aromatic rings. The van der Waals surface area contributed by atoms with Crippen molar-refractivity contribution < 1.29 is 0 Å². The molecule has 1 saturated heterocycles. The van der Waals surface area contributed by atoms with Crippen LogP contribution in [0.2, 0.25) is 0 Å². The molecule has 1 fully saturated rings. The van der Waals surface area contributed by atoms with Crippen molar-refractivity contribution in [2.45, 2.75) is 6.04 Å². The smallest absolute Gasteiger partial charge is 0.0787 e. The van der Waals surface area contributed by atoms with Crippen molar-refractivity contribution in [2.75, 3.05) is 19.6 Å². The van der Waals surface area contributed by atoms with Gasteiger partial charge in [-0.2, -0.15) is 0 Å². The van der Waals surface area contributed by atoms with Crippen LogP contribution in [-0.2, 0) is 0 Å². The average molecular weight is 178 g/mol. The fourth-order valence-corrected chi connectivity index (χ4v) is 1.57. The zero-order valence-corrected chi connectivity index (χ0v) is 7.48. The molecule has 2 rings (SSSR count). The highest BCUT2D eigenvalue weighted by Crippen LogP contribution is 2.15. The van der Waals surface area contributed by atoms with Crippen molar-refractivity contribution in [3.8, 4) is 0 Å². The first-order valence-corrected chi connectivity index (χ1v) is 4.51. The third-order valence-electron chi connectivity index (χ3n) is 2.31. The summed E-state index contributed by atoms with van der Waals surface area (Å²) in [5, 5.41) is 5.15. The molecule has 0 saturated carbocycles. The molecule has 1 unspecified atom stereocenters. The molecule has 0 spiro atoms. The summed E-state index contributed by atoms with van der Waals surface area (Å²) >= 11 is 0. The summed E-state index contributed by atoms with van der Waals surface area (Å²) in [6, 6.07) is 6.14. The molecule has 4 nitrogen and oxygen atoms in total. The second kappa shape index (κ2) is 3.83. The predicted molar refractivity (Wildman–Crippen MR) is 50.7 cm³/mol. The lowest BCUT2D eigenvalue weighted by Gasteiger charge is -2.31. The normalized spacial score (nSPS) is 24.5. The number of hydrazine groups is 1. The van der Waals surface area contributed by atoms with Gasteiger partial charge >= 0.3 is 0 Å². The summed E-state index contributed by atoms with van der Waals surface area (Å²) in [5.74, 6) is 5.86. The van der Waals surface area contributed by atoms with Gasteiger partial charge in [-0.3, -0.25) is 10.8 Å². The van der Waals surface area contributed by atoms with Gasteiger partial charge < -0.3 is 5.32 Å². The Morgan fingerprint density at radius 1 is 1.54 bits per heavy atom. The molecule has 4 heteroatoms. The van der Waals surface area contributed by atoms with Crippen LogP contribution in [0.3, 0.4) is 0 Å². The minimum atomic E-state index is 0.218. The topological polar surface area (TPSA) is 54.2 Å². The third-order valence-corrected chi connectivity index (χ3v) is 2.31. The monoisotopic (exact) mass is 178 g/mol. The number of aromatic nitrogens is 1. The molecule has 70 valence electrons. The Balaban J connectivity index is 2.15. The van der Waals surface area contributed by atoms with Gasteiger partial charge in [0.05, 0.1) is 11.7 Å². The minimum absolute atomic E-state index is 0.218. The lowest BCUT2D eigenvalue weighted by molar-refractivity contribution is 0.162. The highest BCUT2D eigenvalue weighted by atomic mass is 15.4. The van der Waals surface area contributed by atoms with E-state index in [0.717, 1.165) is 25.3 Å². The molecule has 13 heavy (non-hydrogen) atoms. The van der Waals surface area contributed by atoms with Crippen LogP contribution in [0.25, 0.3) is 0 Å². The van der Waals surface area contributed by atoms with Crippen molar-refractivity contribution >= 4 is 0 Å². The van der Waals surface area contributed by atoms with Gasteiger partial charge in [-0.05, 0) is 12.1 Å². The van der Waals surface area contributed by atoms with Crippen LogP contribution in [0.1, 0.15) is 11.7 Å². The number of piperazine rings is 1. The molecule has 0 amide bonds. The second-order valence-corrected chi connectivity index (χ2v) is 3.21. The van der Waals surface area contributed by atoms with Gasteiger partial charge in [-0.1, -0.05) is 6.07 Å².